The van der Waals surface area contributed by atoms with E-state index in [-0.39, 0.29) is 36.1 Å². The van der Waals surface area contributed by atoms with Crippen LogP contribution in [0.2, 0.25) is 0 Å². The molecule has 0 aromatic carbocycles. The lowest BCUT2D eigenvalue weighted by Gasteiger charge is -2.51. The quantitative estimate of drug-likeness (QED) is 0.0625. The summed E-state index contributed by atoms with van der Waals surface area (Å²) in [6.45, 7) is 15.2. The van der Waals surface area contributed by atoms with Gasteiger partial charge in [0.15, 0.2) is 0 Å². The summed E-state index contributed by atoms with van der Waals surface area (Å²) in [5, 5.41) is 12.1. The molecule has 0 aromatic heterocycles. The zero-order valence-electron chi connectivity index (χ0n) is 35.3. The van der Waals surface area contributed by atoms with Gasteiger partial charge in [-0.05, 0) is 64.7 Å². The molecule has 9 atom stereocenters. The predicted molar refractivity (Wildman–Crippen MR) is 211 cm³/mol. The van der Waals surface area contributed by atoms with Crippen LogP contribution in [-0.4, -0.2) is 58.1 Å². The number of carbonyl (C=O) groups excluding carboxylic acids is 3. The summed E-state index contributed by atoms with van der Waals surface area (Å²) >= 11 is 0. The number of rotatable bonds is 23. The third kappa shape index (κ3) is 14.1. The van der Waals surface area contributed by atoms with E-state index >= 15 is 0 Å². The van der Waals surface area contributed by atoms with Crippen molar-refractivity contribution in [2.45, 2.75) is 245 Å². The zero-order valence-corrected chi connectivity index (χ0v) is 35.3. The van der Waals surface area contributed by atoms with E-state index in [1.807, 2.05) is 13.8 Å². The summed E-state index contributed by atoms with van der Waals surface area (Å²) in [7, 11) is 0. The fourth-order valence-corrected chi connectivity index (χ4v) is 10.3. The standard InChI is InChI=1S/C45H80O8/c1-9-10-11-12-13-14-15-16-17-18-19-20-21-22-23-24-25-26-27-39(48)51-38-29-31-45(8,53-35(5)47)42-40-36(33(2)3)28-30-44(7,52-34(4)46)41(40)37(50-42)32-43(38,6)49/h33,36-38,40-42,49H,9-32H2,1-8H3. The van der Waals surface area contributed by atoms with Crippen LogP contribution >= 0.6 is 0 Å². The Hall–Kier alpha value is -1.67. The molecule has 0 aromatic rings. The van der Waals surface area contributed by atoms with Crippen molar-refractivity contribution >= 4 is 17.9 Å². The molecule has 8 heteroatoms. The number of hydrogen-bond acceptors (Lipinski definition) is 8. The van der Waals surface area contributed by atoms with Crippen LogP contribution in [0.25, 0.3) is 0 Å². The van der Waals surface area contributed by atoms with E-state index in [1.54, 1.807) is 6.92 Å². The van der Waals surface area contributed by atoms with Crippen LogP contribution in [0.15, 0.2) is 0 Å². The van der Waals surface area contributed by atoms with Gasteiger partial charge in [0.1, 0.15) is 29.0 Å². The maximum Gasteiger partial charge on any atom is 0.306 e. The van der Waals surface area contributed by atoms with Gasteiger partial charge in [-0.3, -0.25) is 14.4 Å². The summed E-state index contributed by atoms with van der Waals surface area (Å²) < 4.78 is 25.2. The Labute approximate surface area is 324 Å². The Bertz CT molecular complexity index is 1100. The van der Waals surface area contributed by atoms with E-state index in [4.69, 9.17) is 18.9 Å². The highest BCUT2D eigenvalue weighted by atomic mass is 16.6. The molecule has 1 N–H and O–H groups in total. The molecule has 2 aliphatic heterocycles. The Morgan fingerprint density at radius 2 is 1.15 bits per heavy atom. The Morgan fingerprint density at radius 3 is 1.62 bits per heavy atom. The largest absolute Gasteiger partial charge is 0.459 e. The molecule has 53 heavy (non-hydrogen) atoms. The number of ether oxygens (including phenoxy) is 4. The number of unbranched alkanes of at least 4 members (excludes halogenated alkanes) is 17. The maximum absolute atomic E-state index is 13.2. The maximum atomic E-state index is 13.2. The third-order valence-electron chi connectivity index (χ3n) is 13.1. The van der Waals surface area contributed by atoms with Crippen molar-refractivity contribution in [2.75, 3.05) is 0 Å². The van der Waals surface area contributed by atoms with E-state index in [2.05, 4.69) is 20.8 Å². The molecular weight excluding hydrogens is 668 g/mol. The summed E-state index contributed by atoms with van der Waals surface area (Å²) in [6, 6.07) is 0. The fraction of sp³-hybridized carbons (Fsp3) is 0.933. The summed E-state index contributed by atoms with van der Waals surface area (Å²) in [5.41, 5.74) is -3.20. The molecule has 3 rings (SSSR count). The second-order valence-corrected chi connectivity index (χ2v) is 18.3. The second kappa shape index (κ2) is 22.2. The smallest absolute Gasteiger partial charge is 0.306 e. The van der Waals surface area contributed by atoms with E-state index < -0.39 is 41.1 Å². The molecule has 3 fully saturated rings. The summed E-state index contributed by atoms with van der Waals surface area (Å²) in [5.74, 6) is -0.691. The molecule has 0 radical (unpaired) electrons. The average Bonchev–Trinajstić information content (AvgIpc) is 3.46. The molecular formula is C45H80O8. The van der Waals surface area contributed by atoms with Gasteiger partial charge < -0.3 is 24.1 Å². The number of aliphatic hydroxyl groups is 1. The molecule has 2 heterocycles. The average molecular weight is 749 g/mol. The highest BCUT2D eigenvalue weighted by Gasteiger charge is 2.65. The van der Waals surface area contributed by atoms with Crippen LogP contribution in [-0.2, 0) is 33.3 Å². The second-order valence-electron chi connectivity index (χ2n) is 18.3. The van der Waals surface area contributed by atoms with Gasteiger partial charge in [-0.25, -0.2) is 0 Å². The van der Waals surface area contributed by atoms with E-state index in [0.717, 1.165) is 25.7 Å². The molecule has 2 saturated heterocycles. The zero-order chi connectivity index (χ0) is 39.1. The number of fused-ring (bicyclic) bond motifs is 5. The molecule has 3 aliphatic rings. The van der Waals surface area contributed by atoms with E-state index in [0.29, 0.717) is 31.6 Å². The van der Waals surface area contributed by atoms with Gasteiger partial charge in [-0.2, -0.15) is 0 Å². The SMILES string of the molecule is CCCCCCCCCCCCCCCCCCCCC(=O)OC1CCC(C)(OC(C)=O)C2OC(CC1(C)O)C1C2C(C(C)C)CCC1(C)OC(C)=O. The fourth-order valence-electron chi connectivity index (χ4n) is 10.3. The highest BCUT2D eigenvalue weighted by molar-refractivity contribution is 5.69. The van der Waals surface area contributed by atoms with Crippen LogP contribution in [0.4, 0.5) is 0 Å². The van der Waals surface area contributed by atoms with Crippen molar-refractivity contribution in [1.82, 2.24) is 0 Å². The highest BCUT2D eigenvalue weighted by Crippen LogP contribution is 2.58. The van der Waals surface area contributed by atoms with Gasteiger partial charge in [-0.15, -0.1) is 0 Å². The first-order valence-electron chi connectivity index (χ1n) is 22.1. The van der Waals surface area contributed by atoms with Crippen molar-refractivity contribution in [2.24, 2.45) is 23.7 Å². The van der Waals surface area contributed by atoms with Crippen molar-refractivity contribution in [3.63, 3.8) is 0 Å². The van der Waals surface area contributed by atoms with Crippen LogP contribution in [0.3, 0.4) is 0 Å². The van der Waals surface area contributed by atoms with Gasteiger partial charge in [-0.1, -0.05) is 130 Å². The van der Waals surface area contributed by atoms with Gasteiger partial charge >= 0.3 is 17.9 Å². The number of hydrogen-bond donors (Lipinski definition) is 1. The van der Waals surface area contributed by atoms with Gasteiger partial charge in [0.25, 0.3) is 0 Å². The first-order valence-corrected chi connectivity index (χ1v) is 22.1. The molecule has 1 saturated carbocycles. The first kappa shape index (κ1) is 45.7. The minimum Gasteiger partial charge on any atom is -0.459 e. The molecule has 8 nitrogen and oxygen atoms in total. The van der Waals surface area contributed by atoms with Gasteiger partial charge in [0, 0.05) is 38.5 Å². The predicted octanol–water partition coefficient (Wildman–Crippen LogP) is 11.0. The molecule has 0 spiro atoms. The lowest BCUT2D eigenvalue weighted by molar-refractivity contribution is -0.185. The van der Waals surface area contributed by atoms with Crippen LogP contribution in [0.5, 0.6) is 0 Å². The van der Waals surface area contributed by atoms with Crippen molar-refractivity contribution in [3.8, 4) is 0 Å². The van der Waals surface area contributed by atoms with Crippen molar-refractivity contribution < 1.29 is 38.4 Å². The van der Waals surface area contributed by atoms with Gasteiger partial charge in [0.2, 0.25) is 0 Å². The molecule has 308 valence electrons. The molecule has 2 bridgehead atoms. The lowest BCUT2D eigenvalue weighted by Crippen LogP contribution is -2.58. The normalized spacial score (nSPS) is 32.7. The minimum absolute atomic E-state index is 0.0399. The third-order valence-corrected chi connectivity index (χ3v) is 13.1. The minimum atomic E-state index is -1.39. The molecule has 9 unspecified atom stereocenters. The van der Waals surface area contributed by atoms with Crippen LogP contribution < -0.4 is 0 Å². The van der Waals surface area contributed by atoms with Crippen LogP contribution in [0, 0.1) is 23.7 Å². The first-order chi connectivity index (χ1) is 25.1. The van der Waals surface area contributed by atoms with Crippen molar-refractivity contribution in [1.29, 1.82) is 0 Å². The topological polar surface area (TPSA) is 108 Å². The Morgan fingerprint density at radius 1 is 0.698 bits per heavy atom. The Kier molecular flexibility index (Phi) is 19.1. The Balaban J connectivity index is 1.48. The monoisotopic (exact) mass is 749 g/mol. The summed E-state index contributed by atoms with van der Waals surface area (Å²) in [6.07, 6.45) is 24.4. The number of esters is 3. The van der Waals surface area contributed by atoms with E-state index in [9.17, 15) is 19.5 Å². The summed E-state index contributed by atoms with van der Waals surface area (Å²) in [4.78, 5) is 38.2. The van der Waals surface area contributed by atoms with Crippen molar-refractivity contribution in [3.05, 3.63) is 0 Å². The van der Waals surface area contributed by atoms with Gasteiger partial charge in [0.05, 0.1) is 6.10 Å². The van der Waals surface area contributed by atoms with Crippen LogP contribution in [0.1, 0.15) is 209 Å². The number of carbonyl (C=O) groups is 3. The van der Waals surface area contributed by atoms with E-state index in [1.165, 1.54) is 110 Å². The lowest BCUT2D eigenvalue weighted by atomic mass is 9.57. The molecule has 1 aliphatic carbocycles. The molecule has 0 amide bonds.